The summed E-state index contributed by atoms with van der Waals surface area (Å²) in [4.78, 5) is 24.7. The van der Waals surface area contributed by atoms with Gasteiger partial charge in [-0.3, -0.25) is 9.69 Å². The summed E-state index contributed by atoms with van der Waals surface area (Å²) in [5.74, 6) is 0.158. The Kier molecular flexibility index (Phi) is 4.10. The third kappa shape index (κ3) is 2.67. The number of rotatable bonds is 4. The maximum Gasteiger partial charge on any atom is 0.329 e. The van der Waals surface area contributed by atoms with E-state index in [2.05, 4.69) is 11.9 Å². The molecule has 0 radical (unpaired) electrons. The number of ether oxygens (including phenoxy) is 1. The second kappa shape index (κ2) is 5.79. The van der Waals surface area contributed by atoms with Crippen LogP contribution >= 0.6 is 11.6 Å². The first-order chi connectivity index (χ1) is 9.56. The zero-order chi connectivity index (χ0) is 14.7. The van der Waals surface area contributed by atoms with Crippen molar-refractivity contribution in [2.24, 2.45) is 0 Å². The minimum Gasteiger partial charge on any atom is -0.495 e. The van der Waals surface area contributed by atoms with Crippen LogP contribution < -0.4 is 10.1 Å². The van der Waals surface area contributed by atoms with Gasteiger partial charge in [0.15, 0.2) is 0 Å². The highest BCUT2D eigenvalue weighted by atomic mass is 35.5. The van der Waals surface area contributed by atoms with Crippen LogP contribution in [0, 0.1) is 0 Å². The van der Waals surface area contributed by atoms with Gasteiger partial charge < -0.3 is 10.1 Å². The van der Waals surface area contributed by atoms with Gasteiger partial charge in [0.1, 0.15) is 11.4 Å². The van der Waals surface area contributed by atoms with Crippen molar-refractivity contribution in [2.75, 3.05) is 13.7 Å². The first-order valence-electron chi connectivity index (χ1n) is 5.85. The lowest BCUT2D eigenvalue weighted by atomic mass is 10.2. The van der Waals surface area contributed by atoms with E-state index in [1.807, 2.05) is 0 Å². The van der Waals surface area contributed by atoms with Gasteiger partial charge >= 0.3 is 6.03 Å². The molecule has 1 fully saturated rings. The molecule has 3 amide bonds. The van der Waals surface area contributed by atoms with Crippen LogP contribution in [-0.4, -0.2) is 30.5 Å². The maximum atomic E-state index is 12.0. The van der Waals surface area contributed by atoms with E-state index in [9.17, 15) is 9.59 Å². The maximum absolute atomic E-state index is 12.0. The third-order valence-electron chi connectivity index (χ3n) is 2.76. The number of imide groups is 1. The number of carbonyl (C=O) groups is 2. The van der Waals surface area contributed by atoms with Crippen molar-refractivity contribution in [2.45, 2.75) is 0 Å². The highest BCUT2D eigenvalue weighted by molar-refractivity contribution is 6.32. The van der Waals surface area contributed by atoms with E-state index < -0.39 is 6.03 Å². The van der Waals surface area contributed by atoms with Gasteiger partial charge in [0.05, 0.1) is 12.1 Å². The fourth-order valence-electron chi connectivity index (χ4n) is 1.81. The predicted octanol–water partition coefficient (Wildman–Crippen LogP) is 2.43. The molecule has 0 atom stereocenters. The number of nitrogens with zero attached hydrogens (tertiary/aromatic N) is 1. The largest absolute Gasteiger partial charge is 0.495 e. The second-order valence-corrected chi connectivity index (χ2v) is 4.49. The zero-order valence-corrected chi connectivity index (χ0v) is 11.6. The van der Waals surface area contributed by atoms with E-state index in [-0.39, 0.29) is 18.1 Å². The molecule has 1 saturated heterocycles. The van der Waals surface area contributed by atoms with Gasteiger partial charge in [0, 0.05) is 6.54 Å². The average molecular weight is 293 g/mol. The van der Waals surface area contributed by atoms with Gasteiger partial charge in [-0.15, -0.1) is 6.58 Å². The number of benzene rings is 1. The zero-order valence-electron chi connectivity index (χ0n) is 10.9. The van der Waals surface area contributed by atoms with Crippen LogP contribution in [0.1, 0.15) is 5.56 Å². The molecule has 0 unspecified atom stereocenters. The summed E-state index contributed by atoms with van der Waals surface area (Å²) in [5.41, 5.74) is 0.901. The minimum atomic E-state index is -0.458. The number of methoxy groups -OCH3 is 1. The van der Waals surface area contributed by atoms with Crippen molar-refractivity contribution >= 4 is 29.6 Å². The molecule has 1 heterocycles. The molecular formula is C14H13ClN2O3. The van der Waals surface area contributed by atoms with Crippen LogP contribution in [-0.2, 0) is 4.79 Å². The lowest BCUT2D eigenvalue weighted by Crippen LogP contribution is -2.30. The molecular weight excluding hydrogens is 280 g/mol. The second-order valence-electron chi connectivity index (χ2n) is 4.09. The molecule has 0 aliphatic carbocycles. The number of nitrogens with one attached hydrogen (secondary N) is 1. The number of amides is 3. The first-order valence-corrected chi connectivity index (χ1v) is 6.23. The Morgan fingerprint density at radius 2 is 2.20 bits per heavy atom. The molecule has 5 nitrogen and oxygen atoms in total. The van der Waals surface area contributed by atoms with Crippen molar-refractivity contribution in [3.8, 4) is 5.75 Å². The summed E-state index contributed by atoms with van der Waals surface area (Å²) in [6.45, 7) is 3.68. The molecule has 1 aliphatic heterocycles. The van der Waals surface area contributed by atoms with Crippen molar-refractivity contribution in [1.29, 1.82) is 0 Å². The highest BCUT2D eigenvalue weighted by Crippen LogP contribution is 2.26. The summed E-state index contributed by atoms with van der Waals surface area (Å²) in [6, 6.07) is 4.63. The van der Waals surface area contributed by atoms with Crippen LogP contribution in [0.3, 0.4) is 0 Å². The number of hydrogen-bond acceptors (Lipinski definition) is 3. The monoisotopic (exact) mass is 292 g/mol. The normalized spacial score (nSPS) is 16.5. The van der Waals surface area contributed by atoms with Gasteiger partial charge in [-0.25, -0.2) is 4.79 Å². The number of urea groups is 1. The molecule has 0 saturated carbocycles. The first kappa shape index (κ1) is 14.1. The molecule has 0 bridgehead atoms. The topological polar surface area (TPSA) is 58.6 Å². The number of carbonyl (C=O) groups excluding carboxylic acids is 2. The number of halogens is 1. The standard InChI is InChI=1S/C14H13ClN2O3/c1-3-6-17-13(18)11(16-14(17)19)8-9-4-5-12(20-2)10(15)7-9/h3-5,7-8H,1,6H2,2H3,(H,16,19)/b11-8+. The minimum absolute atomic E-state index is 0.172. The van der Waals surface area contributed by atoms with Crippen molar-refractivity contribution in [1.82, 2.24) is 10.2 Å². The van der Waals surface area contributed by atoms with E-state index in [4.69, 9.17) is 16.3 Å². The van der Waals surface area contributed by atoms with Crippen LogP contribution in [0.25, 0.3) is 6.08 Å². The lowest BCUT2D eigenvalue weighted by Gasteiger charge is -2.07. The summed E-state index contributed by atoms with van der Waals surface area (Å²) < 4.78 is 5.05. The Morgan fingerprint density at radius 3 is 2.80 bits per heavy atom. The molecule has 104 valence electrons. The van der Waals surface area contributed by atoms with E-state index in [1.54, 1.807) is 24.3 Å². The molecule has 1 aromatic carbocycles. The Hall–Kier alpha value is -2.27. The van der Waals surface area contributed by atoms with E-state index >= 15 is 0 Å². The van der Waals surface area contributed by atoms with Gasteiger partial charge in [-0.1, -0.05) is 23.7 Å². The average Bonchev–Trinajstić information content (AvgIpc) is 2.67. The van der Waals surface area contributed by atoms with Gasteiger partial charge in [0.2, 0.25) is 0 Å². The summed E-state index contributed by atoms with van der Waals surface area (Å²) in [6.07, 6.45) is 3.05. The van der Waals surface area contributed by atoms with E-state index in [0.717, 1.165) is 4.90 Å². The lowest BCUT2D eigenvalue weighted by molar-refractivity contribution is -0.122. The Balaban J connectivity index is 2.28. The predicted molar refractivity (Wildman–Crippen MR) is 76.4 cm³/mol. The van der Waals surface area contributed by atoms with Crippen LogP contribution in [0.4, 0.5) is 4.79 Å². The fraction of sp³-hybridized carbons (Fsp3) is 0.143. The Bertz CT molecular complexity index is 610. The summed E-state index contributed by atoms with van der Waals surface area (Å²) >= 11 is 6.01. The highest BCUT2D eigenvalue weighted by Gasteiger charge is 2.32. The van der Waals surface area contributed by atoms with Crippen LogP contribution in [0.5, 0.6) is 5.75 Å². The molecule has 1 aliphatic rings. The summed E-state index contributed by atoms with van der Waals surface area (Å²) in [7, 11) is 1.52. The molecule has 1 N–H and O–H groups in total. The van der Waals surface area contributed by atoms with Gasteiger partial charge in [-0.2, -0.15) is 0 Å². The quantitative estimate of drug-likeness (QED) is 0.527. The van der Waals surface area contributed by atoms with Crippen molar-refractivity contribution in [3.05, 3.63) is 47.1 Å². The van der Waals surface area contributed by atoms with Crippen molar-refractivity contribution in [3.63, 3.8) is 0 Å². The molecule has 0 aromatic heterocycles. The SMILES string of the molecule is C=CCN1C(=O)N/C(=C/c2ccc(OC)c(Cl)c2)C1=O. The molecule has 6 heteroatoms. The number of hydrogen-bond donors (Lipinski definition) is 1. The van der Waals surface area contributed by atoms with Crippen LogP contribution in [0.15, 0.2) is 36.6 Å². The molecule has 20 heavy (non-hydrogen) atoms. The van der Waals surface area contributed by atoms with Gasteiger partial charge in [-0.05, 0) is 23.8 Å². The third-order valence-corrected chi connectivity index (χ3v) is 3.06. The van der Waals surface area contributed by atoms with E-state index in [1.165, 1.54) is 13.2 Å². The van der Waals surface area contributed by atoms with Crippen LogP contribution in [0.2, 0.25) is 5.02 Å². The summed E-state index contributed by atoms with van der Waals surface area (Å²) in [5, 5.41) is 2.94. The Morgan fingerprint density at radius 1 is 1.45 bits per heavy atom. The molecule has 0 spiro atoms. The molecule has 2 rings (SSSR count). The smallest absolute Gasteiger partial charge is 0.329 e. The Labute approximate surface area is 121 Å². The van der Waals surface area contributed by atoms with Gasteiger partial charge in [0.25, 0.3) is 5.91 Å². The molecule has 1 aromatic rings. The fourth-order valence-corrected chi connectivity index (χ4v) is 2.07. The van der Waals surface area contributed by atoms with Crippen molar-refractivity contribution < 1.29 is 14.3 Å². The van der Waals surface area contributed by atoms with E-state index in [0.29, 0.717) is 16.3 Å².